The maximum Gasteiger partial charge on any atom is 0.573 e. The number of ether oxygens (including phenoxy) is 1. The van der Waals surface area contributed by atoms with E-state index in [4.69, 9.17) is 5.73 Å². The van der Waals surface area contributed by atoms with Gasteiger partial charge < -0.3 is 10.5 Å². The van der Waals surface area contributed by atoms with E-state index >= 15 is 0 Å². The molecule has 154 valence electrons. The van der Waals surface area contributed by atoms with E-state index in [0.717, 1.165) is 47.2 Å². The Hall–Kier alpha value is -2.50. The van der Waals surface area contributed by atoms with E-state index in [9.17, 15) is 13.2 Å². The molecule has 6 heteroatoms. The fourth-order valence-corrected chi connectivity index (χ4v) is 2.69. The lowest BCUT2D eigenvalue weighted by molar-refractivity contribution is -0.274. The lowest BCUT2D eigenvalue weighted by atomic mass is 9.91. The van der Waals surface area contributed by atoms with Crippen LogP contribution < -0.4 is 10.5 Å². The van der Waals surface area contributed by atoms with Gasteiger partial charge in [0.2, 0.25) is 0 Å². The van der Waals surface area contributed by atoms with Crippen LogP contribution in [-0.2, 0) is 0 Å². The van der Waals surface area contributed by atoms with Crippen LogP contribution in [0.3, 0.4) is 0 Å². The predicted molar refractivity (Wildman–Crippen MR) is 110 cm³/mol. The molecule has 1 aromatic carbocycles. The second-order valence-corrected chi connectivity index (χ2v) is 6.37. The molecule has 0 bridgehead atoms. The first kappa shape index (κ1) is 23.5. The number of benzene rings is 1. The van der Waals surface area contributed by atoms with Gasteiger partial charge in [0.15, 0.2) is 0 Å². The highest BCUT2D eigenvalue weighted by molar-refractivity contribution is 5.85. The van der Waals surface area contributed by atoms with Crippen molar-refractivity contribution in [3.05, 3.63) is 58.4 Å². The molecule has 0 aliphatic rings. The van der Waals surface area contributed by atoms with E-state index in [0.29, 0.717) is 5.70 Å². The van der Waals surface area contributed by atoms with Gasteiger partial charge in [-0.05, 0) is 62.5 Å². The first-order chi connectivity index (χ1) is 13.1. The third-order valence-corrected chi connectivity index (χ3v) is 4.25. The van der Waals surface area contributed by atoms with Crippen LogP contribution in [0.2, 0.25) is 0 Å². The van der Waals surface area contributed by atoms with Crippen LogP contribution in [0.5, 0.6) is 5.75 Å². The van der Waals surface area contributed by atoms with Crippen molar-refractivity contribution in [2.24, 2.45) is 10.7 Å². The minimum atomic E-state index is -4.72. The SMILES string of the molecule is CC=N/C(C)=C(C(=C\CCC)/c1ccc(OC(F)(F)F)cc1)\C(N)=C(/C)CC. The minimum absolute atomic E-state index is 0.256. The van der Waals surface area contributed by atoms with Crippen LogP contribution in [0.1, 0.15) is 59.4 Å². The molecule has 0 aliphatic carbocycles. The zero-order chi connectivity index (χ0) is 21.3. The third kappa shape index (κ3) is 6.91. The number of alkyl halides is 3. The molecule has 1 aromatic rings. The van der Waals surface area contributed by atoms with Gasteiger partial charge in [0.05, 0.1) is 0 Å². The number of allylic oxidation sites excluding steroid dienone is 4. The standard InChI is InChI=1S/C22H29F3N2O/c1-6-9-10-19(17-11-13-18(14-12-17)28-22(23,24)25)20(16(5)27-8-3)21(26)15(4)7-2/h8,10-14H,6-7,9,26H2,1-5H3/b19-10-,20-16-,21-15-,27-8?. The van der Waals surface area contributed by atoms with Crippen LogP contribution in [-0.4, -0.2) is 12.6 Å². The lowest BCUT2D eigenvalue weighted by Crippen LogP contribution is -2.17. The second-order valence-electron chi connectivity index (χ2n) is 6.37. The molecule has 0 amide bonds. The molecule has 0 unspecified atom stereocenters. The summed E-state index contributed by atoms with van der Waals surface area (Å²) in [5, 5.41) is 0. The Labute approximate surface area is 165 Å². The average Bonchev–Trinajstić information content (AvgIpc) is 2.63. The van der Waals surface area contributed by atoms with Gasteiger partial charge >= 0.3 is 6.36 Å². The molecule has 0 fully saturated rings. The zero-order valence-corrected chi connectivity index (χ0v) is 17.2. The van der Waals surface area contributed by atoms with Gasteiger partial charge in [-0.1, -0.05) is 38.5 Å². The van der Waals surface area contributed by atoms with Crippen LogP contribution in [0.25, 0.3) is 5.57 Å². The van der Waals surface area contributed by atoms with Gasteiger partial charge in [0.25, 0.3) is 0 Å². The van der Waals surface area contributed by atoms with Crippen molar-refractivity contribution in [2.75, 3.05) is 0 Å². The molecule has 0 spiro atoms. The summed E-state index contributed by atoms with van der Waals surface area (Å²) in [5.41, 5.74) is 11.3. The molecular formula is C22H29F3N2O. The Kier molecular flexibility index (Phi) is 9.03. The van der Waals surface area contributed by atoms with E-state index in [1.165, 1.54) is 12.1 Å². The van der Waals surface area contributed by atoms with Gasteiger partial charge in [-0.15, -0.1) is 13.2 Å². The number of nitrogens with zero attached hydrogens (tertiary/aromatic N) is 1. The third-order valence-electron chi connectivity index (χ3n) is 4.25. The fraction of sp³-hybridized carbons (Fsp3) is 0.409. The van der Waals surface area contributed by atoms with E-state index in [1.54, 1.807) is 18.3 Å². The van der Waals surface area contributed by atoms with Gasteiger partial charge in [0.1, 0.15) is 5.75 Å². The summed E-state index contributed by atoms with van der Waals surface area (Å²) < 4.78 is 41.3. The van der Waals surface area contributed by atoms with Crippen molar-refractivity contribution >= 4 is 11.8 Å². The zero-order valence-electron chi connectivity index (χ0n) is 17.2. The quantitative estimate of drug-likeness (QED) is 0.390. The van der Waals surface area contributed by atoms with E-state index in [2.05, 4.69) is 22.7 Å². The van der Waals surface area contributed by atoms with Crippen LogP contribution in [0.4, 0.5) is 13.2 Å². The number of hydrogen-bond acceptors (Lipinski definition) is 3. The van der Waals surface area contributed by atoms with Crippen LogP contribution in [0, 0.1) is 0 Å². The number of nitrogens with two attached hydrogens (primary N) is 1. The normalized spacial score (nSPS) is 14.8. The van der Waals surface area contributed by atoms with E-state index < -0.39 is 6.36 Å². The summed E-state index contributed by atoms with van der Waals surface area (Å²) in [4.78, 5) is 4.41. The maximum absolute atomic E-state index is 12.4. The van der Waals surface area contributed by atoms with Crippen LogP contribution >= 0.6 is 0 Å². The fourth-order valence-electron chi connectivity index (χ4n) is 2.69. The molecule has 0 aliphatic heterocycles. The number of unbranched alkanes of at least 4 members (excludes halogenated alkanes) is 1. The molecule has 0 saturated carbocycles. The summed E-state index contributed by atoms with van der Waals surface area (Å²) in [6.45, 7) is 9.76. The highest BCUT2D eigenvalue weighted by atomic mass is 19.4. The molecule has 1 rings (SSSR count). The average molecular weight is 394 g/mol. The number of halogens is 3. The molecule has 0 saturated heterocycles. The maximum atomic E-state index is 12.4. The van der Waals surface area contributed by atoms with Crippen molar-refractivity contribution in [1.82, 2.24) is 0 Å². The van der Waals surface area contributed by atoms with E-state index in [-0.39, 0.29) is 5.75 Å². The molecular weight excluding hydrogens is 365 g/mol. The molecule has 0 atom stereocenters. The Morgan fingerprint density at radius 3 is 2.21 bits per heavy atom. The number of hydrogen-bond donors (Lipinski definition) is 1. The summed E-state index contributed by atoms with van der Waals surface area (Å²) in [6.07, 6.45) is 1.56. The smallest absolute Gasteiger partial charge is 0.406 e. The van der Waals surface area contributed by atoms with Gasteiger partial charge in [-0.3, -0.25) is 4.99 Å². The first-order valence-corrected chi connectivity index (χ1v) is 9.36. The molecule has 2 N–H and O–H groups in total. The van der Waals surface area contributed by atoms with Crippen LogP contribution in [0.15, 0.2) is 57.9 Å². The van der Waals surface area contributed by atoms with Gasteiger partial charge in [-0.25, -0.2) is 0 Å². The van der Waals surface area contributed by atoms with Gasteiger partial charge in [0, 0.05) is 23.2 Å². The summed E-state index contributed by atoms with van der Waals surface area (Å²) in [6, 6.07) is 5.84. The largest absolute Gasteiger partial charge is 0.573 e. The molecule has 0 heterocycles. The molecule has 0 aromatic heterocycles. The van der Waals surface area contributed by atoms with Crippen molar-refractivity contribution in [3.63, 3.8) is 0 Å². The highest BCUT2D eigenvalue weighted by Crippen LogP contribution is 2.34. The van der Waals surface area contributed by atoms with Crippen molar-refractivity contribution in [1.29, 1.82) is 0 Å². The van der Waals surface area contributed by atoms with Crippen molar-refractivity contribution < 1.29 is 17.9 Å². The topological polar surface area (TPSA) is 47.6 Å². The Balaban J connectivity index is 3.56. The van der Waals surface area contributed by atoms with Crippen molar-refractivity contribution in [2.45, 2.75) is 60.2 Å². The van der Waals surface area contributed by atoms with Gasteiger partial charge in [-0.2, -0.15) is 0 Å². The summed E-state index contributed by atoms with van der Waals surface area (Å²) in [7, 11) is 0. The summed E-state index contributed by atoms with van der Waals surface area (Å²) in [5.74, 6) is -0.256. The Morgan fingerprint density at radius 2 is 1.75 bits per heavy atom. The minimum Gasteiger partial charge on any atom is -0.406 e. The Bertz CT molecular complexity index is 770. The Morgan fingerprint density at radius 1 is 1.14 bits per heavy atom. The number of aliphatic imine (C=N–C) groups is 1. The number of rotatable bonds is 8. The lowest BCUT2D eigenvalue weighted by Gasteiger charge is -2.18. The monoisotopic (exact) mass is 394 g/mol. The molecule has 28 heavy (non-hydrogen) atoms. The van der Waals surface area contributed by atoms with Crippen molar-refractivity contribution in [3.8, 4) is 5.75 Å². The van der Waals surface area contributed by atoms with E-state index in [1.807, 2.05) is 27.7 Å². The first-order valence-electron chi connectivity index (χ1n) is 9.36. The second kappa shape index (κ2) is 10.7. The highest BCUT2D eigenvalue weighted by Gasteiger charge is 2.31. The summed E-state index contributed by atoms with van der Waals surface area (Å²) >= 11 is 0. The molecule has 0 radical (unpaired) electrons. The molecule has 3 nitrogen and oxygen atoms in total. The predicted octanol–water partition coefficient (Wildman–Crippen LogP) is 6.78.